The highest BCUT2D eigenvalue weighted by molar-refractivity contribution is 5.81. The summed E-state index contributed by atoms with van der Waals surface area (Å²) in [5.74, 6) is -1.08. The Morgan fingerprint density at radius 1 is 1.14 bits per heavy atom. The molecule has 8 nitrogen and oxygen atoms in total. The fraction of sp³-hybridized carbons (Fsp3) is 0.556. The average molecular weight is 487 g/mol. The van der Waals surface area contributed by atoms with E-state index in [-0.39, 0.29) is 12.5 Å². The standard InChI is InChI=1S/C27H38N2O6/c1-5-26-15-11-16-28(19-14-22(30)33-3)18-13-21-12-9-7-8-10-17-29(23(21)24(26)35-6-2)27(32,20-26)25(31)34-4/h7-10,12,14,17,19,24,32H,5-6,11,13,15-16,18,20H2,1-4H3/b8-7?,12-9?,17-10?,19-14+,23-21?. The molecule has 35 heavy (non-hydrogen) atoms. The predicted octanol–water partition coefficient (Wildman–Crippen LogP) is 3.63. The molecule has 0 aromatic carbocycles. The molecule has 1 aromatic rings. The van der Waals surface area contributed by atoms with Gasteiger partial charge in [0.25, 0.3) is 0 Å². The van der Waals surface area contributed by atoms with Gasteiger partial charge in [0.15, 0.2) is 0 Å². The monoisotopic (exact) mass is 486 g/mol. The summed E-state index contributed by atoms with van der Waals surface area (Å²) in [6, 6.07) is 9.55. The largest absolute Gasteiger partial charge is 0.466 e. The molecule has 1 N–H and O–H groups in total. The van der Waals surface area contributed by atoms with Crippen LogP contribution in [0.5, 0.6) is 0 Å². The minimum Gasteiger partial charge on any atom is -0.466 e. The van der Waals surface area contributed by atoms with E-state index in [0.717, 1.165) is 30.6 Å². The number of aromatic nitrogens is 1. The lowest BCUT2D eigenvalue weighted by Gasteiger charge is -2.51. The summed E-state index contributed by atoms with van der Waals surface area (Å²) < 4.78 is 18.0. The Morgan fingerprint density at radius 3 is 2.60 bits per heavy atom. The smallest absolute Gasteiger partial charge is 0.359 e. The van der Waals surface area contributed by atoms with E-state index >= 15 is 0 Å². The average Bonchev–Trinajstić information content (AvgIpc) is 2.97. The van der Waals surface area contributed by atoms with Crippen molar-refractivity contribution in [2.24, 2.45) is 5.41 Å². The molecule has 3 unspecified atom stereocenters. The van der Waals surface area contributed by atoms with Crippen LogP contribution < -0.4 is 0 Å². The van der Waals surface area contributed by atoms with E-state index in [2.05, 4.69) is 11.8 Å². The molecule has 8 heteroatoms. The Bertz CT molecular complexity index is 988. The summed E-state index contributed by atoms with van der Waals surface area (Å²) in [5, 5.41) is 11.9. The summed E-state index contributed by atoms with van der Waals surface area (Å²) in [5.41, 5.74) is -0.611. The van der Waals surface area contributed by atoms with Gasteiger partial charge in [-0.25, -0.2) is 9.59 Å². The van der Waals surface area contributed by atoms with E-state index in [1.54, 1.807) is 23.0 Å². The van der Waals surface area contributed by atoms with Crippen molar-refractivity contribution in [3.63, 3.8) is 0 Å². The Hall–Kier alpha value is -2.84. The summed E-state index contributed by atoms with van der Waals surface area (Å²) in [6.45, 7) is 5.93. The number of methoxy groups -OCH3 is 2. The van der Waals surface area contributed by atoms with Crippen molar-refractivity contribution in [2.45, 2.75) is 57.8 Å². The van der Waals surface area contributed by atoms with E-state index < -0.39 is 23.1 Å². The van der Waals surface area contributed by atoms with Crippen molar-refractivity contribution < 1.29 is 28.9 Å². The van der Waals surface area contributed by atoms with Crippen LogP contribution in [0.25, 0.3) is 0 Å². The molecule has 2 aliphatic rings. The Morgan fingerprint density at radius 2 is 1.91 bits per heavy atom. The third kappa shape index (κ3) is 5.54. The SMILES string of the molecule is CCOC1c2c3ccccccn2C(O)(C(=O)OC)CC1(CC)CCCN(/C=C/C(=O)OC)CC3. The molecule has 2 bridgehead atoms. The number of ether oxygens (including phenoxy) is 3. The third-order valence-corrected chi connectivity index (χ3v) is 7.22. The lowest BCUT2D eigenvalue weighted by atomic mass is 9.66. The highest BCUT2D eigenvalue weighted by Crippen LogP contribution is 2.55. The Balaban J connectivity index is 2.29. The number of rotatable bonds is 6. The summed E-state index contributed by atoms with van der Waals surface area (Å²) in [7, 11) is 2.67. The van der Waals surface area contributed by atoms with Crippen molar-refractivity contribution in [3.8, 4) is 0 Å². The van der Waals surface area contributed by atoms with Crippen molar-refractivity contribution in [2.75, 3.05) is 33.9 Å². The van der Waals surface area contributed by atoms with Crippen molar-refractivity contribution in [1.29, 1.82) is 0 Å². The first-order valence-electron chi connectivity index (χ1n) is 12.3. The molecule has 0 radical (unpaired) electrons. The van der Waals surface area contributed by atoms with Crippen LogP contribution >= 0.6 is 0 Å². The predicted molar refractivity (Wildman–Crippen MR) is 132 cm³/mol. The lowest BCUT2D eigenvalue weighted by Crippen LogP contribution is -2.54. The highest BCUT2D eigenvalue weighted by Gasteiger charge is 2.56. The van der Waals surface area contributed by atoms with Gasteiger partial charge in [-0.05, 0) is 44.2 Å². The van der Waals surface area contributed by atoms with Gasteiger partial charge in [0.1, 0.15) is 6.10 Å². The van der Waals surface area contributed by atoms with E-state index in [0.29, 0.717) is 26.0 Å². The molecule has 0 aliphatic carbocycles. The Kier molecular flexibility index (Phi) is 8.97. The molecule has 0 spiro atoms. The van der Waals surface area contributed by atoms with Crippen LogP contribution in [0.1, 0.15) is 56.9 Å². The van der Waals surface area contributed by atoms with Gasteiger partial charge in [-0.1, -0.05) is 31.2 Å². The summed E-state index contributed by atoms with van der Waals surface area (Å²) in [6.07, 6.45) is 7.71. The zero-order valence-corrected chi connectivity index (χ0v) is 21.2. The number of fused-ring (bicyclic) bond motifs is 1. The number of hydrogen-bond donors (Lipinski definition) is 1. The zero-order chi connectivity index (χ0) is 25.5. The first-order valence-corrected chi connectivity index (χ1v) is 12.3. The molecule has 0 saturated heterocycles. The van der Waals surface area contributed by atoms with E-state index in [9.17, 15) is 14.7 Å². The first kappa shape index (κ1) is 26.8. The van der Waals surface area contributed by atoms with Crippen molar-refractivity contribution in [1.82, 2.24) is 9.47 Å². The van der Waals surface area contributed by atoms with Gasteiger partial charge in [-0.15, -0.1) is 0 Å². The molecule has 192 valence electrons. The van der Waals surface area contributed by atoms with Crippen LogP contribution in [-0.2, 0) is 35.9 Å². The van der Waals surface area contributed by atoms with Crippen LogP contribution in [0.4, 0.5) is 0 Å². The second-order valence-corrected chi connectivity index (χ2v) is 9.13. The maximum atomic E-state index is 13.1. The lowest BCUT2D eigenvalue weighted by molar-refractivity contribution is -0.200. The minimum atomic E-state index is -1.86. The molecule has 3 atom stereocenters. The number of hydrogen-bond acceptors (Lipinski definition) is 7. The molecule has 3 rings (SSSR count). The molecular weight excluding hydrogens is 448 g/mol. The Labute approximate surface area is 207 Å². The second kappa shape index (κ2) is 11.7. The maximum Gasteiger partial charge on any atom is 0.359 e. The highest BCUT2D eigenvalue weighted by atomic mass is 16.5. The topological polar surface area (TPSA) is 90.2 Å². The molecule has 0 amide bonds. The number of esters is 2. The fourth-order valence-electron chi connectivity index (χ4n) is 5.40. The summed E-state index contributed by atoms with van der Waals surface area (Å²) in [4.78, 5) is 26.9. The zero-order valence-electron chi connectivity index (χ0n) is 21.2. The van der Waals surface area contributed by atoms with Crippen LogP contribution in [0.15, 0.2) is 48.8 Å². The first-order chi connectivity index (χ1) is 16.8. The van der Waals surface area contributed by atoms with E-state index in [4.69, 9.17) is 14.2 Å². The molecule has 2 aliphatic heterocycles. The third-order valence-electron chi connectivity index (χ3n) is 7.22. The van der Waals surface area contributed by atoms with Crippen LogP contribution in [-0.4, -0.2) is 60.4 Å². The molecule has 0 saturated carbocycles. The number of nitrogens with zero attached hydrogens (tertiary/aromatic N) is 2. The van der Waals surface area contributed by atoms with E-state index in [1.807, 2.05) is 31.2 Å². The van der Waals surface area contributed by atoms with Crippen LogP contribution in [0, 0.1) is 5.41 Å². The molecule has 3 heterocycles. The summed E-state index contributed by atoms with van der Waals surface area (Å²) >= 11 is 0. The van der Waals surface area contributed by atoms with E-state index in [1.165, 1.54) is 20.3 Å². The fourth-order valence-corrected chi connectivity index (χ4v) is 5.40. The number of aliphatic hydroxyl groups is 1. The van der Waals surface area contributed by atoms with Gasteiger partial charge in [0.2, 0.25) is 5.72 Å². The van der Waals surface area contributed by atoms with Gasteiger partial charge in [-0.3, -0.25) is 0 Å². The normalized spacial score (nSPS) is 26.1. The van der Waals surface area contributed by atoms with Gasteiger partial charge in [0.05, 0.1) is 19.9 Å². The van der Waals surface area contributed by atoms with Crippen LogP contribution in [0.2, 0.25) is 0 Å². The van der Waals surface area contributed by atoms with Gasteiger partial charge in [-0.2, -0.15) is 0 Å². The maximum absolute atomic E-state index is 13.1. The molecule has 1 aromatic heterocycles. The van der Waals surface area contributed by atoms with Gasteiger partial charge < -0.3 is 28.8 Å². The van der Waals surface area contributed by atoms with Crippen LogP contribution in [0.3, 0.4) is 0 Å². The molecular formula is C27H38N2O6. The molecule has 0 fully saturated rings. The number of carbonyl (C=O) groups excluding carboxylic acids is 2. The van der Waals surface area contributed by atoms with Gasteiger partial charge in [0, 0.05) is 50.0 Å². The minimum absolute atomic E-state index is 0.181. The quantitative estimate of drug-likeness (QED) is 0.485. The number of carbonyl (C=O) groups is 2. The second-order valence-electron chi connectivity index (χ2n) is 9.13. The van der Waals surface area contributed by atoms with Gasteiger partial charge >= 0.3 is 11.9 Å². The van der Waals surface area contributed by atoms with Crippen molar-refractivity contribution >= 4 is 11.9 Å². The van der Waals surface area contributed by atoms with Crippen molar-refractivity contribution in [3.05, 3.63) is 60.1 Å².